The molecule has 1 heterocycles. The van der Waals surface area contributed by atoms with Crippen molar-refractivity contribution in [1.29, 1.82) is 0 Å². The first-order valence-corrected chi connectivity index (χ1v) is 5.76. The number of aromatic nitrogens is 2. The van der Waals surface area contributed by atoms with Crippen molar-refractivity contribution in [2.45, 2.75) is 13.8 Å². The number of aryl methyl sites for hydroxylation is 2. The van der Waals surface area contributed by atoms with Gasteiger partial charge in [-0.3, -0.25) is 9.89 Å². The van der Waals surface area contributed by atoms with Gasteiger partial charge >= 0.3 is 5.97 Å². The minimum atomic E-state index is -1.32. The highest BCUT2D eigenvalue weighted by molar-refractivity contribution is 6.08. The van der Waals surface area contributed by atoms with Gasteiger partial charge in [0.15, 0.2) is 0 Å². The van der Waals surface area contributed by atoms with Crippen LogP contribution in [-0.2, 0) is 0 Å². The number of halogens is 1. The molecule has 2 aromatic rings. The molecule has 6 nitrogen and oxygen atoms in total. The number of anilines is 1. The first kappa shape index (κ1) is 13.7. The number of carboxylic acids is 1. The zero-order valence-electron chi connectivity index (χ0n) is 10.8. The number of carbonyl (C=O) groups is 2. The van der Waals surface area contributed by atoms with Crippen molar-refractivity contribution < 1.29 is 19.1 Å². The van der Waals surface area contributed by atoms with Crippen LogP contribution in [0.5, 0.6) is 0 Å². The molecule has 0 aliphatic rings. The third kappa shape index (κ3) is 2.37. The summed E-state index contributed by atoms with van der Waals surface area (Å²) in [6.07, 6.45) is 0. The van der Waals surface area contributed by atoms with Crippen LogP contribution in [-0.4, -0.2) is 27.2 Å². The van der Waals surface area contributed by atoms with E-state index in [0.29, 0.717) is 11.4 Å². The predicted molar refractivity (Wildman–Crippen MR) is 69.4 cm³/mol. The summed E-state index contributed by atoms with van der Waals surface area (Å²) in [6, 6.07) is 3.57. The van der Waals surface area contributed by atoms with Gasteiger partial charge in [-0.1, -0.05) is 6.07 Å². The molecule has 0 aliphatic heterocycles. The van der Waals surface area contributed by atoms with Crippen LogP contribution in [0.25, 0.3) is 0 Å². The molecular weight excluding hydrogens is 265 g/mol. The Balaban J connectivity index is 2.40. The first-order valence-electron chi connectivity index (χ1n) is 5.76. The highest BCUT2D eigenvalue weighted by atomic mass is 19.1. The average Bonchev–Trinajstić information content (AvgIpc) is 2.71. The van der Waals surface area contributed by atoms with E-state index in [4.69, 9.17) is 5.11 Å². The smallest absolute Gasteiger partial charge is 0.337 e. The van der Waals surface area contributed by atoms with Crippen molar-refractivity contribution in [3.8, 4) is 0 Å². The number of hydrogen-bond acceptors (Lipinski definition) is 3. The van der Waals surface area contributed by atoms with E-state index in [2.05, 4.69) is 15.5 Å². The Morgan fingerprint density at radius 2 is 2.05 bits per heavy atom. The minimum absolute atomic E-state index is 0.268. The monoisotopic (exact) mass is 277 g/mol. The maximum Gasteiger partial charge on any atom is 0.337 e. The molecule has 0 fully saturated rings. The maximum atomic E-state index is 13.7. The standard InChI is InChI=1S/C13H12FN3O3/c1-6-10(7(2)17-16-6)12(18)15-11-8(13(19)20)4-3-5-9(11)14/h3-5H,1-2H3,(H,15,18)(H,16,17)(H,19,20). The summed E-state index contributed by atoms with van der Waals surface area (Å²) in [7, 11) is 0. The SMILES string of the molecule is Cc1n[nH]c(C)c1C(=O)Nc1c(F)cccc1C(=O)O. The van der Waals surface area contributed by atoms with Gasteiger partial charge in [-0.25, -0.2) is 9.18 Å². The number of carboxylic acid groups (broad SMARTS) is 1. The molecule has 2 rings (SSSR count). The molecule has 0 bridgehead atoms. The third-order valence-corrected chi connectivity index (χ3v) is 2.84. The molecule has 1 aromatic carbocycles. The average molecular weight is 277 g/mol. The fraction of sp³-hybridized carbons (Fsp3) is 0.154. The summed E-state index contributed by atoms with van der Waals surface area (Å²) in [5.74, 6) is -2.74. The highest BCUT2D eigenvalue weighted by Gasteiger charge is 2.20. The van der Waals surface area contributed by atoms with E-state index < -0.39 is 17.7 Å². The molecule has 0 spiro atoms. The van der Waals surface area contributed by atoms with Crippen LogP contribution >= 0.6 is 0 Å². The van der Waals surface area contributed by atoms with Gasteiger partial charge in [0.05, 0.1) is 22.5 Å². The van der Waals surface area contributed by atoms with Crippen molar-refractivity contribution in [3.05, 3.63) is 46.5 Å². The van der Waals surface area contributed by atoms with Crippen LogP contribution in [0.1, 0.15) is 32.1 Å². The number of aromatic carboxylic acids is 1. The summed E-state index contributed by atoms with van der Waals surface area (Å²) >= 11 is 0. The van der Waals surface area contributed by atoms with Crippen molar-refractivity contribution in [1.82, 2.24) is 10.2 Å². The number of nitrogens with one attached hydrogen (secondary N) is 2. The van der Waals surface area contributed by atoms with Crippen molar-refractivity contribution in [2.75, 3.05) is 5.32 Å². The Morgan fingerprint density at radius 1 is 1.35 bits per heavy atom. The molecule has 1 amide bonds. The molecular formula is C13H12FN3O3. The molecule has 20 heavy (non-hydrogen) atoms. The lowest BCUT2D eigenvalue weighted by molar-refractivity contribution is 0.0697. The number of hydrogen-bond donors (Lipinski definition) is 3. The molecule has 7 heteroatoms. The lowest BCUT2D eigenvalue weighted by Crippen LogP contribution is -2.17. The molecule has 3 N–H and O–H groups in total. The minimum Gasteiger partial charge on any atom is -0.478 e. The van der Waals surface area contributed by atoms with Gasteiger partial charge < -0.3 is 10.4 Å². The molecule has 0 saturated carbocycles. The Bertz CT molecular complexity index is 675. The van der Waals surface area contributed by atoms with Gasteiger partial charge in [-0.05, 0) is 26.0 Å². The number of H-pyrrole nitrogens is 1. The van der Waals surface area contributed by atoms with E-state index >= 15 is 0 Å². The van der Waals surface area contributed by atoms with E-state index in [1.807, 2.05) is 0 Å². The Morgan fingerprint density at radius 3 is 2.60 bits per heavy atom. The van der Waals surface area contributed by atoms with Crippen molar-refractivity contribution >= 4 is 17.6 Å². The molecule has 0 aliphatic carbocycles. The maximum absolute atomic E-state index is 13.7. The zero-order chi connectivity index (χ0) is 14.9. The summed E-state index contributed by atoms with van der Waals surface area (Å²) in [6.45, 7) is 3.27. The first-order chi connectivity index (χ1) is 9.41. The van der Waals surface area contributed by atoms with E-state index in [0.717, 1.165) is 6.07 Å². The Hall–Kier alpha value is -2.70. The number of para-hydroxylation sites is 1. The highest BCUT2D eigenvalue weighted by Crippen LogP contribution is 2.21. The Kier molecular flexibility index (Phi) is 3.51. The largest absolute Gasteiger partial charge is 0.478 e. The van der Waals surface area contributed by atoms with E-state index in [-0.39, 0.29) is 16.8 Å². The lowest BCUT2D eigenvalue weighted by atomic mass is 10.1. The van der Waals surface area contributed by atoms with Crippen LogP contribution in [0.4, 0.5) is 10.1 Å². The fourth-order valence-electron chi connectivity index (χ4n) is 1.89. The van der Waals surface area contributed by atoms with Crippen LogP contribution in [0, 0.1) is 19.7 Å². The summed E-state index contributed by atoms with van der Waals surface area (Å²) < 4.78 is 13.7. The van der Waals surface area contributed by atoms with Crippen LogP contribution in [0.2, 0.25) is 0 Å². The molecule has 0 unspecified atom stereocenters. The van der Waals surface area contributed by atoms with Gasteiger partial charge in [0.2, 0.25) is 0 Å². The number of aromatic amines is 1. The summed E-state index contributed by atoms with van der Waals surface area (Å²) in [5, 5.41) is 17.8. The third-order valence-electron chi connectivity index (χ3n) is 2.84. The number of benzene rings is 1. The van der Waals surface area contributed by atoms with Gasteiger partial charge in [0, 0.05) is 5.69 Å². The summed E-state index contributed by atoms with van der Waals surface area (Å²) in [5.41, 5.74) is 0.577. The van der Waals surface area contributed by atoms with Crippen molar-refractivity contribution in [2.24, 2.45) is 0 Å². The van der Waals surface area contributed by atoms with Crippen LogP contribution in [0.15, 0.2) is 18.2 Å². The molecule has 0 saturated heterocycles. The van der Waals surface area contributed by atoms with Gasteiger partial charge in [0.1, 0.15) is 5.82 Å². The quantitative estimate of drug-likeness (QED) is 0.800. The molecule has 0 radical (unpaired) electrons. The van der Waals surface area contributed by atoms with E-state index in [9.17, 15) is 14.0 Å². The second-order valence-corrected chi connectivity index (χ2v) is 4.23. The predicted octanol–water partition coefficient (Wildman–Crippen LogP) is 2.12. The normalized spacial score (nSPS) is 10.3. The fourth-order valence-corrected chi connectivity index (χ4v) is 1.89. The zero-order valence-corrected chi connectivity index (χ0v) is 10.8. The summed E-state index contributed by atoms with van der Waals surface area (Å²) in [4.78, 5) is 23.2. The topological polar surface area (TPSA) is 95.1 Å². The number of rotatable bonds is 3. The van der Waals surface area contributed by atoms with E-state index in [1.54, 1.807) is 13.8 Å². The van der Waals surface area contributed by atoms with Gasteiger partial charge in [0.25, 0.3) is 5.91 Å². The Labute approximate surface area is 113 Å². The van der Waals surface area contributed by atoms with Crippen molar-refractivity contribution in [3.63, 3.8) is 0 Å². The van der Waals surface area contributed by atoms with Crippen LogP contribution < -0.4 is 5.32 Å². The molecule has 1 aromatic heterocycles. The molecule has 0 atom stereocenters. The van der Waals surface area contributed by atoms with Gasteiger partial charge in [-0.2, -0.15) is 5.10 Å². The van der Waals surface area contributed by atoms with Crippen LogP contribution in [0.3, 0.4) is 0 Å². The van der Waals surface area contributed by atoms with E-state index in [1.165, 1.54) is 12.1 Å². The second-order valence-electron chi connectivity index (χ2n) is 4.23. The molecule has 104 valence electrons. The lowest BCUT2D eigenvalue weighted by Gasteiger charge is -2.09. The van der Waals surface area contributed by atoms with Gasteiger partial charge in [-0.15, -0.1) is 0 Å². The number of amides is 1. The number of nitrogens with zero attached hydrogens (tertiary/aromatic N) is 1. The second kappa shape index (κ2) is 5.12. The number of carbonyl (C=O) groups excluding carboxylic acids is 1.